The van der Waals surface area contributed by atoms with Crippen molar-refractivity contribution in [2.24, 2.45) is 0 Å². The summed E-state index contributed by atoms with van der Waals surface area (Å²) in [5, 5.41) is 1.57. The molecule has 3 nitrogen and oxygen atoms in total. The summed E-state index contributed by atoms with van der Waals surface area (Å²) in [6, 6.07) is 1.31. The second kappa shape index (κ2) is 4.55. The van der Waals surface area contributed by atoms with Gasteiger partial charge < -0.3 is 4.55 Å². The molecular weight excluding hydrogens is 207 g/mol. The van der Waals surface area contributed by atoms with Crippen LogP contribution in [0, 0.1) is 0 Å². The van der Waals surface area contributed by atoms with E-state index < -0.39 is 10.1 Å². The Morgan fingerprint density at radius 1 is 1.58 bits per heavy atom. The average Bonchev–Trinajstić information content (AvgIpc) is 2.32. The van der Waals surface area contributed by atoms with Crippen molar-refractivity contribution < 1.29 is 42.5 Å². The Hall–Kier alpha value is 0.350. The van der Waals surface area contributed by atoms with Gasteiger partial charge in [0, 0.05) is 0 Å². The molecule has 0 saturated heterocycles. The fourth-order valence-electron chi connectivity index (χ4n) is 0.568. The second-order valence-corrected chi connectivity index (χ2v) is 4.38. The maximum Gasteiger partial charge on any atom is 1.00 e. The van der Waals surface area contributed by atoms with Crippen LogP contribution in [0.15, 0.2) is 22.2 Å². The molecule has 0 saturated carbocycles. The van der Waals surface area contributed by atoms with E-state index in [2.05, 4.69) is 6.58 Å². The van der Waals surface area contributed by atoms with Gasteiger partial charge in [0.2, 0.25) is 0 Å². The molecule has 0 aliphatic carbocycles. The van der Waals surface area contributed by atoms with Crippen LogP contribution in [0.25, 0.3) is 6.08 Å². The van der Waals surface area contributed by atoms with Gasteiger partial charge in [0.05, 0.1) is 0 Å². The number of hydrogen-bond donors (Lipinski definition) is 0. The molecule has 0 bridgehead atoms. The van der Waals surface area contributed by atoms with E-state index in [1.807, 2.05) is 0 Å². The summed E-state index contributed by atoms with van der Waals surface area (Å²) in [6.07, 6.45) is 1.49. The van der Waals surface area contributed by atoms with Crippen LogP contribution in [0.2, 0.25) is 0 Å². The summed E-state index contributed by atoms with van der Waals surface area (Å²) in [4.78, 5) is 0. The number of thiophene rings is 1. The van der Waals surface area contributed by atoms with Crippen LogP contribution in [-0.2, 0) is 10.1 Å². The van der Waals surface area contributed by atoms with E-state index in [-0.39, 0.29) is 33.8 Å². The Morgan fingerprint density at radius 2 is 2.17 bits per heavy atom. The van der Waals surface area contributed by atoms with Crippen molar-refractivity contribution in [3.05, 3.63) is 23.6 Å². The van der Waals surface area contributed by atoms with Crippen molar-refractivity contribution in [1.29, 1.82) is 0 Å². The first-order valence-corrected chi connectivity index (χ1v) is 4.99. The largest absolute Gasteiger partial charge is 1.00 e. The molecule has 0 unspecified atom stereocenters. The van der Waals surface area contributed by atoms with Crippen LogP contribution in [0.1, 0.15) is 5.56 Å². The van der Waals surface area contributed by atoms with E-state index in [9.17, 15) is 13.0 Å². The van der Waals surface area contributed by atoms with Crippen LogP contribution < -0.4 is 29.6 Å². The quantitative estimate of drug-likeness (QED) is 0.433. The predicted molar refractivity (Wildman–Crippen MR) is 42.4 cm³/mol. The first kappa shape index (κ1) is 12.3. The molecule has 1 heterocycles. The first-order chi connectivity index (χ1) is 5.04. The third-order valence-electron chi connectivity index (χ3n) is 1.08. The van der Waals surface area contributed by atoms with E-state index in [4.69, 9.17) is 0 Å². The molecule has 0 fully saturated rings. The molecule has 1 aromatic heterocycles. The zero-order valence-electron chi connectivity index (χ0n) is 6.48. The third kappa shape index (κ3) is 3.01. The molecule has 1 aromatic rings. The first-order valence-electron chi connectivity index (χ1n) is 2.71. The van der Waals surface area contributed by atoms with Gasteiger partial charge in [-0.3, -0.25) is 0 Å². The SMILES string of the molecule is C=Cc1csc(S(=O)(=O)[O-])c1.[Na+]. The smallest absolute Gasteiger partial charge is 0.743 e. The summed E-state index contributed by atoms with van der Waals surface area (Å²) in [5.74, 6) is 0. The molecule has 0 aliphatic rings. The molecule has 1 rings (SSSR count). The van der Waals surface area contributed by atoms with Crippen LogP contribution in [0.3, 0.4) is 0 Å². The monoisotopic (exact) mass is 212 g/mol. The molecule has 0 spiro atoms. The van der Waals surface area contributed by atoms with Crippen molar-refractivity contribution in [1.82, 2.24) is 0 Å². The Balaban J connectivity index is 0.00000121. The molecule has 0 radical (unpaired) electrons. The third-order valence-corrected chi connectivity index (χ3v) is 3.33. The number of rotatable bonds is 2. The maximum atomic E-state index is 10.4. The van der Waals surface area contributed by atoms with E-state index in [1.165, 1.54) is 12.1 Å². The number of hydrogen-bond acceptors (Lipinski definition) is 4. The second-order valence-electron chi connectivity index (χ2n) is 1.86. The Labute approximate surface area is 97.2 Å². The van der Waals surface area contributed by atoms with E-state index in [1.54, 1.807) is 5.38 Å². The van der Waals surface area contributed by atoms with Gasteiger partial charge in [-0.2, -0.15) is 0 Å². The van der Waals surface area contributed by atoms with Gasteiger partial charge in [0.15, 0.2) is 0 Å². The van der Waals surface area contributed by atoms with Gasteiger partial charge in [-0.25, -0.2) is 8.42 Å². The minimum Gasteiger partial charge on any atom is -0.743 e. The maximum absolute atomic E-state index is 10.4. The molecule has 6 heteroatoms. The van der Waals surface area contributed by atoms with E-state index in [0.717, 1.165) is 11.3 Å². The summed E-state index contributed by atoms with van der Waals surface area (Å²) in [5.41, 5.74) is 0.657. The normalized spacial score (nSPS) is 10.4. The van der Waals surface area contributed by atoms with Crippen LogP contribution in [0.4, 0.5) is 0 Å². The van der Waals surface area contributed by atoms with Crippen molar-refractivity contribution in [2.75, 3.05) is 0 Å². The molecule has 0 N–H and O–H groups in total. The topological polar surface area (TPSA) is 57.2 Å². The fraction of sp³-hybridized carbons (Fsp3) is 0. The standard InChI is InChI=1S/C6H6O3S2.Na/c1-2-5-3-6(10-4-5)11(7,8)9;/h2-4H,1H2,(H,7,8,9);/q;+1/p-1. The fourth-order valence-corrected chi connectivity index (χ4v) is 2.09. The molecule has 60 valence electrons. The van der Waals surface area contributed by atoms with Crippen LogP contribution in [-0.4, -0.2) is 13.0 Å². The van der Waals surface area contributed by atoms with Gasteiger partial charge in [-0.05, 0) is 17.0 Å². The van der Waals surface area contributed by atoms with Crippen molar-refractivity contribution in [3.63, 3.8) is 0 Å². The van der Waals surface area contributed by atoms with Crippen molar-refractivity contribution in [2.45, 2.75) is 4.21 Å². The Kier molecular flexibility index (Phi) is 4.68. The minimum absolute atomic E-state index is 0. The Morgan fingerprint density at radius 3 is 2.42 bits per heavy atom. The van der Waals surface area contributed by atoms with E-state index >= 15 is 0 Å². The van der Waals surface area contributed by atoms with Crippen molar-refractivity contribution in [3.8, 4) is 0 Å². The molecule has 0 aliphatic heterocycles. The summed E-state index contributed by atoms with van der Waals surface area (Å²) in [6.45, 7) is 3.44. The predicted octanol–water partition coefficient (Wildman–Crippen LogP) is -1.70. The van der Waals surface area contributed by atoms with Gasteiger partial charge in [-0.15, -0.1) is 11.3 Å². The summed E-state index contributed by atoms with van der Waals surface area (Å²) < 4.78 is 31.0. The van der Waals surface area contributed by atoms with Gasteiger partial charge in [-0.1, -0.05) is 12.7 Å². The van der Waals surface area contributed by atoms with Gasteiger partial charge in [0.1, 0.15) is 14.3 Å². The van der Waals surface area contributed by atoms with E-state index in [0.29, 0.717) is 5.56 Å². The van der Waals surface area contributed by atoms with Crippen molar-refractivity contribution >= 4 is 27.5 Å². The average molecular weight is 212 g/mol. The molecule has 0 amide bonds. The molecule has 12 heavy (non-hydrogen) atoms. The summed E-state index contributed by atoms with van der Waals surface area (Å²) >= 11 is 0.909. The van der Waals surface area contributed by atoms with Gasteiger partial charge in [0.25, 0.3) is 0 Å². The zero-order valence-corrected chi connectivity index (χ0v) is 10.1. The summed E-state index contributed by atoms with van der Waals surface area (Å²) in [7, 11) is -4.27. The Bertz CT molecular complexity index is 366. The molecule has 0 atom stereocenters. The van der Waals surface area contributed by atoms with Gasteiger partial charge >= 0.3 is 29.6 Å². The van der Waals surface area contributed by atoms with Crippen LogP contribution >= 0.6 is 11.3 Å². The molecular formula is C6H5NaO3S2. The zero-order chi connectivity index (χ0) is 8.48. The minimum atomic E-state index is -4.27. The molecule has 0 aromatic carbocycles. The van der Waals surface area contributed by atoms with Crippen LogP contribution in [0.5, 0.6) is 0 Å².